The maximum atomic E-state index is 12.4. The van der Waals surface area contributed by atoms with Gasteiger partial charge in [-0.25, -0.2) is 4.98 Å². The second kappa shape index (κ2) is 7.96. The molecule has 0 bridgehead atoms. The van der Waals surface area contributed by atoms with Gasteiger partial charge in [-0.1, -0.05) is 60.1 Å². The van der Waals surface area contributed by atoms with E-state index in [0.717, 1.165) is 16.0 Å². The van der Waals surface area contributed by atoms with Crippen molar-refractivity contribution in [1.82, 2.24) is 15.3 Å². The Hall–Kier alpha value is -2.96. The lowest BCUT2D eigenvalue weighted by Gasteiger charge is -2.05. The topological polar surface area (TPSA) is 74.8 Å². The van der Waals surface area contributed by atoms with Crippen molar-refractivity contribution in [1.29, 1.82) is 0 Å². The monoisotopic (exact) mass is 409 g/mol. The molecule has 5 nitrogen and oxygen atoms in total. The van der Waals surface area contributed by atoms with Gasteiger partial charge in [0.15, 0.2) is 0 Å². The van der Waals surface area contributed by atoms with Crippen molar-refractivity contribution in [3.63, 3.8) is 0 Å². The van der Waals surface area contributed by atoms with Crippen molar-refractivity contribution in [2.45, 2.75) is 13.0 Å². The largest absolute Gasteiger partial charge is 0.352 e. The number of nitrogens with zero attached hydrogens (tertiary/aromatic N) is 1. The minimum absolute atomic E-state index is 0.00921. The quantitative estimate of drug-likeness (QED) is 0.519. The summed E-state index contributed by atoms with van der Waals surface area (Å²) in [6.45, 7) is 0.432. The highest BCUT2D eigenvalue weighted by Crippen LogP contribution is 2.34. The van der Waals surface area contributed by atoms with Gasteiger partial charge in [0.05, 0.1) is 11.9 Å². The summed E-state index contributed by atoms with van der Waals surface area (Å²) in [6, 6.07) is 18.9. The number of halogens is 1. The van der Waals surface area contributed by atoms with Gasteiger partial charge in [0.25, 0.3) is 5.56 Å². The van der Waals surface area contributed by atoms with Gasteiger partial charge < -0.3 is 10.3 Å². The Morgan fingerprint density at radius 1 is 1.11 bits per heavy atom. The SMILES string of the molecule is O=C(Cc1nc2cc(-c3ccccc3Cl)sc2c(=O)[nH]1)NCc1ccccc1. The molecule has 0 saturated heterocycles. The summed E-state index contributed by atoms with van der Waals surface area (Å²) in [5, 5.41) is 3.45. The number of hydrogen-bond donors (Lipinski definition) is 2. The Balaban J connectivity index is 1.55. The highest BCUT2D eigenvalue weighted by Gasteiger charge is 2.13. The first kappa shape index (κ1) is 18.4. The van der Waals surface area contributed by atoms with Crippen molar-refractivity contribution in [3.05, 3.63) is 87.4 Å². The standard InChI is InChI=1S/C21H16ClN3O2S/c22-15-9-5-4-8-14(15)17-10-16-20(28-17)21(27)25-18(24-16)11-19(26)23-12-13-6-2-1-3-7-13/h1-10H,11-12H2,(H,23,26)(H,24,25,27). The molecule has 0 atom stereocenters. The van der Waals surface area contributed by atoms with E-state index in [1.54, 1.807) is 6.07 Å². The summed E-state index contributed by atoms with van der Waals surface area (Å²) in [6.07, 6.45) is 0.00921. The smallest absolute Gasteiger partial charge is 0.268 e. The molecule has 0 unspecified atom stereocenters. The third kappa shape index (κ3) is 3.98. The molecule has 7 heteroatoms. The summed E-state index contributed by atoms with van der Waals surface area (Å²) in [4.78, 5) is 32.7. The molecule has 0 fully saturated rings. The van der Waals surface area contributed by atoms with E-state index in [4.69, 9.17) is 11.6 Å². The lowest BCUT2D eigenvalue weighted by molar-refractivity contribution is -0.120. The van der Waals surface area contributed by atoms with Crippen molar-refractivity contribution >= 4 is 39.1 Å². The predicted molar refractivity (Wildman–Crippen MR) is 113 cm³/mol. The van der Waals surface area contributed by atoms with Crippen LogP contribution < -0.4 is 10.9 Å². The number of fused-ring (bicyclic) bond motifs is 1. The van der Waals surface area contributed by atoms with Crippen LogP contribution in [0.3, 0.4) is 0 Å². The van der Waals surface area contributed by atoms with Gasteiger partial charge in [0.2, 0.25) is 5.91 Å². The molecule has 2 heterocycles. The molecular weight excluding hydrogens is 394 g/mol. The fourth-order valence-corrected chi connectivity index (χ4v) is 4.20. The fraction of sp³-hybridized carbons (Fsp3) is 0.0952. The van der Waals surface area contributed by atoms with Gasteiger partial charge in [0, 0.05) is 22.0 Å². The average Bonchev–Trinajstić information content (AvgIpc) is 3.12. The molecule has 0 saturated carbocycles. The van der Waals surface area contributed by atoms with Crippen LogP contribution in [0.15, 0.2) is 65.5 Å². The Kier molecular flexibility index (Phi) is 5.23. The number of nitrogens with one attached hydrogen (secondary N) is 2. The zero-order valence-electron chi connectivity index (χ0n) is 14.7. The summed E-state index contributed by atoms with van der Waals surface area (Å²) in [7, 11) is 0. The number of benzene rings is 2. The van der Waals surface area contributed by atoms with Crippen LogP contribution in [0, 0.1) is 0 Å². The number of aromatic nitrogens is 2. The summed E-state index contributed by atoms with van der Waals surface area (Å²) < 4.78 is 0.517. The molecule has 1 amide bonds. The first-order chi connectivity index (χ1) is 13.6. The third-order valence-electron chi connectivity index (χ3n) is 4.23. The maximum absolute atomic E-state index is 12.4. The second-order valence-corrected chi connectivity index (χ2v) is 7.72. The molecule has 4 rings (SSSR count). The van der Waals surface area contributed by atoms with Gasteiger partial charge in [-0.3, -0.25) is 9.59 Å². The Bertz CT molecular complexity index is 1200. The van der Waals surface area contributed by atoms with Gasteiger partial charge in [0.1, 0.15) is 10.5 Å². The minimum atomic E-state index is -0.251. The first-order valence-electron chi connectivity index (χ1n) is 8.68. The number of rotatable bonds is 5. The van der Waals surface area contributed by atoms with Crippen molar-refractivity contribution < 1.29 is 4.79 Å². The number of hydrogen-bond acceptors (Lipinski definition) is 4. The third-order valence-corrected chi connectivity index (χ3v) is 5.72. The van der Waals surface area contributed by atoms with E-state index in [-0.39, 0.29) is 17.9 Å². The molecule has 2 aromatic carbocycles. The number of carbonyl (C=O) groups excluding carboxylic acids is 1. The van der Waals surface area contributed by atoms with Gasteiger partial charge in [-0.15, -0.1) is 11.3 Å². The van der Waals surface area contributed by atoms with Crippen LogP contribution in [0.4, 0.5) is 0 Å². The Morgan fingerprint density at radius 3 is 2.64 bits per heavy atom. The number of thiophene rings is 1. The molecular formula is C21H16ClN3O2S. The van der Waals surface area contributed by atoms with Crippen LogP contribution in [0.25, 0.3) is 20.7 Å². The van der Waals surface area contributed by atoms with Crippen molar-refractivity contribution in [3.8, 4) is 10.4 Å². The molecule has 0 aliphatic rings. The molecule has 28 heavy (non-hydrogen) atoms. The molecule has 0 radical (unpaired) electrons. The number of H-pyrrole nitrogens is 1. The second-order valence-electron chi connectivity index (χ2n) is 6.26. The zero-order valence-corrected chi connectivity index (χ0v) is 16.3. The molecule has 4 aromatic rings. The van der Waals surface area contributed by atoms with E-state index in [9.17, 15) is 9.59 Å². The van der Waals surface area contributed by atoms with Crippen molar-refractivity contribution in [2.24, 2.45) is 0 Å². The number of aromatic amines is 1. The van der Waals surface area contributed by atoms with Crippen molar-refractivity contribution in [2.75, 3.05) is 0 Å². The fourth-order valence-electron chi connectivity index (χ4n) is 2.88. The normalized spacial score (nSPS) is 10.9. The van der Waals surface area contributed by atoms with E-state index in [2.05, 4.69) is 15.3 Å². The number of amides is 1. The predicted octanol–water partition coefficient (Wildman–Crippen LogP) is 4.16. The van der Waals surface area contributed by atoms with E-state index >= 15 is 0 Å². The lowest BCUT2D eigenvalue weighted by atomic mass is 10.2. The minimum Gasteiger partial charge on any atom is -0.352 e. The number of carbonyl (C=O) groups is 1. The molecule has 0 spiro atoms. The first-order valence-corrected chi connectivity index (χ1v) is 9.88. The highest BCUT2D eigenvalue weighted by molar-refractivity contribution is 7.22. The van der Waals surface area contributed by atoms with Crippen LogP contribution >= 0.6 is 22.9 Å². The van der Waals surface area contributed by atoms with E-state index < -0.39 is 0 Å². The molecule has 0 aliphatic carbocycles. The van der Waals surface area contributed by atoms with Crippen LogP contribution in [-0.4, -0.2) is 15.9 Å². The molecule has 0 aliphatic heterocycles. The zero-order chi connectivity index (χ0) is 19.5. The van der Waals surface area contributed by atoms with E-state index in [1.165, 1.54) is 11.3 Å². The molecule has 140 valence electrons. The van der Waals surface area contributed by atoms with Crippen LogP contribution in [-0.2, 0) is 17.8 Å². The van der Waals surface area contributed by atoms with Crippen LogP contribution in [0.2, 0.25) is 5.02 Å². The maximum Gasteiger partial charge on any atom is 0.268 e. The van der Waals surface area contributed by atoms with E-state index in [1.807, 2.05) is 54.6 Å². The van der Waals surface area contributed by atoms with Gasteiger partial charge >= 0.3 is 0 Å². The van der Waals surface area contributed by atoms with Gasteiger partial charge in [-0.05, 0) is 17.7 Å². The Morgan fingerprint density at radius 2 is 1.86 bits per heavy atom. The van der Waals surface area contributed by atoms with Crippen LogP contribution in [0.5, 0.6) is 0 Å². The van der Waals surface area contributed by atoms with Crippen LogP contribution in [0.1, 0.15) is 11.4 Å². The average molecular weight is 410 g/mol. The highest BCUT2D eigenvalue weighted by atomic mass is 35.5. The molecule has 2 aromatic heterocycles. The lowest BCUT2D eigenvalue weighted by Crippen LogP contribution is -2.26. The molecule has 2 N–H and O–H groups in total. The summed E-state index contributed by atoms with van der Waals surface area (Å²) in [5.74, 6) is 0.138. The summed E-state index contributed by atoms with van der Waals surface area (Å²) >= 11 is 7.59. The van der Waals surface area contributed by atoms with E-state index in [0.29, 0.717) is 27.6 Å². The van der Waals surface area contributed by atoms with Gasteiger partial charge in [-0.2, -0.15) is 0 Å². The Labute approximate surface area is 170 Å². The summed E-state index contributed by atoms with van der Waals surface area (Å²) in [5.41, 5.74) is 2.18.